The van der Waals surface area contributed by atoms with E-state index in [9.17, 15) is 14.4 Å². The molecule has 0 saturated heterocycles. The molecule has 0 radical (unpaired) electrons. The molecule has 1 atom stereocenters. The van der Waals surface area contributed by atoms with E-state index in [1.165, 1.54) is 22.7 Å². The Hall–Kier alpha value is -1.89. The number of hydrogen-bond acceptors (Lipinski definition) is 4. The highest BCUT2D eigenvalue weighted by Gasteiger charge is 2.13. The Morgan fingerprint density at radius 2 is 2.00 bits per heavy atom. The minimum Gasteiger partial charge on any atom is -0.341 e. The first-order chi connectivity index (χ1) is 9.73. The minimum atomic E-state index is -0.380. The lowest BCUT2D eigenvalue weighted by molar-refractivity contribution is -0.130. The monoisotopic (exact) mass is 296 g/mol. The molecule has 1 amide bonds. The van der Waals surface area contributed by atoms with Gasteiger partial charge in [0.05, 0.1) is 12.1 Å². The zero-order valence-corrected chi connectivity index (χ0v) is 13.1. The molecule has 0 fully saturated rings. The summed E-state index contributed by atoms with van der Waals surface area (Å²) in [6.45, 7) is 2.10. The molecule has 118 valence electrons. The zero-order chi connectivity index (χ0) is 16.2. The topological polar surface area (TPSA) is 90.3 Å². The van der Waals surface area contributed by atoms with Gasteiger partial charge in [0, 0.05) is 39.8 Å². The molecule has 1 aromatic rings. The number of nitrogens with two attached hydrogens (primary N) is 1. The van der Waals surface area contributed by atoms with Gasteiger partial charge >= 0.3 is 5.69 Å². The highest BCUT2D eigenvalue weighted by molar-refractivity contribution is 5.75. The number of rotatable bonds is 6. The second-order valence-electron chi connectivity index (χ2n) is 5.53. The Bertz CT molecular complexity index is 616. The van der Waals surface area contributed by atoms with E-state index < -0.39 is 0 Å². The van der Waals surface area contributed by atoms with Gasteiger partial charge in [-0.2, -0.15) is 0 Å². The second kappa shape index (κ2) is 7.21. The molecule has 1 heterocycles. The molecule has 0 saturated carbocycles. The van der Waals surface area contributed by atoms with Crippen LogP contribution in [0.15, 0.2) is 15.8 Å². The smallest absolute Gasteiger partial charge is 0.330 e. The lowest BCUT2D eigenvalue weighted by Crippen LogP contribution is -2.40. The normalized spacial score (nSPS) is 12.2. The number of hydrogen-bond donors (Lipinski definition) is 1. The van der Waals surface area contributed by atoms with E-state index in [1.807, 2.05) is 6.92 Å². The van der Waals surface area contributed by atoms with Gasteiger partial charge in [0.1, 0.15) is 0 Å². The summed E-state index contributed by atoms with van der Waals surface area (Å²) < 4.78 is 2.38. The van der Waals surface area contributed by atoms with Crippen LogP contribution in [0.3, 0.4) is 0 Å². The van der Waals surface area contributed by atoms with E-state index in [-0.39, 0.29) is 29.7 Å². The third kappa shape index (κ3) is 4.56. The molecule has 1 unspecified atom stereocenters. The Labute approximate surface area is 124 Å². The summed E-state index contributed by atoms with van der Waals surface area (Å²) in [6.07, 6.45) is 3.41. The van der Waals surface area contributed by atoms with Gasteiger partial charge in [0.15, 0.2) is 0 Å². The minimum absolute atomic E-state index is 0.0356. The van der Waals surface area contributed by atoms with Gasteiger partial charge in [-0.15, -0.1) is 0 Å². The van der Waals surface area contributed by atoms with Gasteiger partial charge in [0.2, 0.25) is 5.91 Å². The van der Waals surface area contributed by atoms with Crippen LogP contribution in [-0.4, -0.2) is 33.0 Å². The maximum absolute atomic E-state index is 12.0. The lowest BCUT2D eigenvalue weighted by Gasteiger charge is -2.18. The number of carbonyl (C=O) groups is 1. The molecule has 7 nitrogen and oxygen atoms in total. The predicted octanol–water partition coefficient (Wildman–Crippen LogP) is -0.440. The van der Waals surface area contributed by atoms with Crippen LogP contribution in [0.25, 0.3) is 0 Å². The van der Waals surface area contributed by atoms with Crippen LogP contribution in [0.4, 0.5) is 0 Å². The Morgan fingerprint density at radius 1 is 1.38 bits per heavy atom. The lowest BCUT2D eigenvalue weighted by atomic mass is 10.1. The number of aryl methyl sites for hydroxylation is 1. The fourth-order valence-corrected chi connectivity index (χ4v) is 2.10. The first-order valence-electron chi connectivity index (χ1n) is 6.99. The summed E-state index contributed by atoms with van der Waals surface area (Å²) >= 11 is 0. The molecule has 0 spiro atoms. The van der Waals surface area contributed by atoms with Crippen molar-refractivity contribution in [1.29, 1.82) is 0 Å². The van der Waals surface area contributed by atoms with Crippen LogP contribution >= 0.6 is 0 Å². The quantitative estimate of drug-likeness (QED) is 0.770. The van der Waals surface area contributed by atoms with E-state index in [4.69, 9.17) is 5.73 Å². The van der Waals surface area contributed by atoms with Gasteiger partial charge in [-0.25, -0.2) is 4.79 Å². The third-order valence-corrected chi connectivity index (χ3v) is 3.40. The molecular weight excluding hydrogens is 272 g/mol. The third-order valence-electron chi connectivity index (χ3n) is 3.40. The van der Waals surface area contributed by atoms with Crippen LogP contribution in [-0.2, 0) is 25.4 Å². The van der Waals surface area contributed by atoms with E-state index in [2.05, 4.69) is 0 Å². The summed E-state index contributed by atoms with van der Waals surface area (Å²) in [4.78, 5) is 37.1. The molecule has 1 aromatic heterocycles. The average Bonchev–Trinajstić information content (AvgIpc) is 2.41. The van der Waals surface area contributed by atoms with E-state index in [0.29, 0.717) is 12.0 Å². The fourth-order valence-electron chi connectivity index (χ4n) is 2.10. The molecule has 2 N–H and O–H groups in total. The van der Waals surface area contributed by atoms with Gasteiger partial charge in [-0.1, -0.05) is 0 Å². The highest BCUT2D eigenvalue weighted by Crippen LogP contribution is 2.04. The fraction of sp³-hybridized carbons (Fsp3) is 0.643. The van der Waals surface area contributed by atoms with E-state index in [1.54, 1.807) is 14.1 Å². The molecular formula is C14H24N4O3. The largest absolute Gasteiger partial charge is 0.341 e. The molecule has 0 bridgehead atoms. The van der Waals surface area contributed by atoms with E-state index in [0.717, 1.165) is 17.4 Å². The molecule has 21 heavy (non-hydrogen) atoms. The van der Waals surface area contributed by atoms with E-state index >= 15 is 0 Å². The van der Waals surface area contributed by atoms with Crippen molar-refractivity contribution in [3.63, 3.8) is 0 Å². The van der Waals surface area contributed by atoms with Gasteiger partial charge in [-0.3, -0.25) is 14.2 Å². The molecule has 7 heteroatoms. The van der Waals surface area contributed by atoms with Gasteiger partial charge in [0.25, 0.3) is 5.56 Å². The SMILES string of the molecule is CC(N)CCCC(=O)N(C)Cc1cn(C)c(=O)n(C)c1=O. The summed E-state index contributed by atoms with van der Waals surface area (Å²) in [7, 11) is 4.66. The predicted molar refractivity (Wildman–Crippen MR) is 80.9 cm³/mol. The molecule has 0 aromatic carbocycles. The number of carbonyl (C=O) groups excluding carboxylic acids is 1. The summed E-state index contributed by atoms with van der Waals surface area (Å²) in [6, 6.07) is 0.0825. The Balaban J connectivity index is 2.75. The van der Waals surface area contributed by atoms with Crippen molar-refractivity contribution in [1.82, 2.24) is 14.0 Å². The van der Waals surface area contributed by atoms with Crippen molar-refractivity contribution in [2.24, 2.45) is 19.8 Å². The highest BCUT2D eigenvalue weighted by atomic mass is 16.2. The first kappa shape index (κ1) is 17.2. The van der Waals surface area contributed by atoms with Crippen molar-refractivity contribution >= 4 is 5.91 Å². The van der Waals surface area contributed by atoms with Gasteiger partial charge < -0.3 is 15.2 Å². The van der Waals surface area contributed by atoms with Crippen LogP contribution < -0.4 is 17.0 Å². The number of nitrogens with zero attached hydrogens (tertiary/aromatic N) is 3. The van der Waals surface area contributed by atoms with Crippen molar-refractivity contribution < 1.29 is 4.79 Å². The zero-order valence-electron chi connectivity index (χ0n) is 13.1. The maximum Gasteiger partial charge on any atom is 0.330 e. The summed E-state index contributed by atoms with van der Waals surface area (Å²) in [5, 5.41) is 0. The summed E-state index contributed by atoms with van der Waals surface area (Å²) in [5.74, 6) is -0.0356. The van der Waals surface area contributed by atoms with Gasteiger partial charge in [-0.05, 0) is 19.8 Å². The number of aromatic nitrogens is 2. The second-order valence-corrected chi connectivity index (χ2v) is 5.53. The number of amides is 1. The summed E-state index contributed by atoms with van der Waals surface area (Å²) in [5.41, 5.74) is 5.32. The Morgan fingerprint density at radius 3 is 2.57 bits per heavy atom. The van der Waals surface area contributed by atoms with Crippen LogP contribution in [0, 0.1) is 0 Å². The average molecular weight is 296 g/mol. The van der Waals surface area contributed by atoms with Crippen molar-refractivity contribution in [2.75, 3.05) is 7.05 Å². The van der Waals surface area contributed by atoms with Crippen LogP contribution in [0.2, 0.25) is 0 Å². The molecule has 0 aliphatic heterocycles. The molecule has 0 aliphatic rings. The van der Waals surface area contributed by atoms with Crippen molar-refractivity contribution in [3.8, 4) is 0 Å². The van der Waals surface area contributed by atoms with Crippen LogP contribution in [0.1, 0.15) is 31.7 Å². The van der Waals surface area contributed by atoms with Crippen molar-refractivity contribution in [2.45, 2.75) is 38.8 Å². The maximum atomic E-state index is 12.0. The van der Waals surface area contributed by atoms with Crippen LogP contribution in [0.5, 0.6) is 0 Å². The molecule has 0 aliphatic carbocycles. The Kier molecular flexibility index (Phi) is 5.90. The first-order valence-corrected chi connectivity index (χ1v) is 6.99. The standard InChI is InChI=1S/C14H24N4O3/c1-10(15)6-5-7-12(19)16(2)8-11-9-17(3)14(21)18(4)13(11)20/h9-10H,5-8,15H2,1-4H3. The van der Waals surface area contributed by atoms with Crippen molar-refractivity contribution in [3.05, 3.63) is 32.6 Å². The molecule has 1 rings (SSSR count).